The number of nitrogen functional groups attached to an aromatic ring is 1. The molecule has 1 aromatic carbocycles. The van der Waals surface area contributed by atoms with Gasteiger partial charge in [-0.3, -0.25) is 0 Å². The van der Waals surface area contributed by atoms with Crippen LogP contribution in [-0.4, -0.2) is 36.3 Å². The zero-order chi connectivity index (χ0) is 18.8. The minimum atomic E-state index is -0.000660. The lowest BCUT2D eigenvalue weighted by Gasteiger charge is -2.31. The van der Waals surface area contributed by atoms with E-state index in [2.05, 4.69) is 38.4 Å². The van der Waals surface area contributed by atoms with Crippen molar-refractivity contribution in [3.63, 3.8) is 0 Å². The van der Waals surface area contributed by atoms with Crippen LogP contribution in [0.15, 0.2) is 24.3 Å². The van der Waals surface area contributed by atoms with Crippen LogP contribution < -0.4 is 16.0 Å². The van der Waals surface area contributed by atoms with Crippen molar-refractivity contribution in [3.8, 4) is 0 Å². The van der Waals surface area contributed by atoms with E-state index < -0.39 is 0 Å². The van der Waals surface area contributed by atoms with Gasteiger partial charge in [-0.15, -0.1) is 0 Å². The highest BCUT2D eigenvalue weighted by molar-refractivity contribution is 6.31. The smallest absolute Gasteiger partial charge is 0.222 e. The topological polar surface area (TPSA) is 76.3 Å². The third kappa shape index (κ3) is 4.03. The van der Waals surface area contributed by atoms with Gasteiger partial charge < -0.3 is 20.7 Å². The molecule has 7 heteroatoms. The van der Waals surface area contributed by atoms with Crippen LogP contribution in [0.3, 0.4) is 0 Å². The molecule has 2 aromatic rings. The number of rotatable bonds is 3. The first-order valence-corrected chi connectivity index (χ1v) is 9.98. The number of aryl methyl sites for hydroxylation is 1. The molecule has 0 bridgehead atoms. The Morgan fingerprint density at radius 3 is 2.89 bits per heavy atom. The molecule has 0 amide bonds. The zero-order valence-corrected chi connectivity index (χ0v) is 16.4. The summed E-state index contributed by atoms with van der Waals surface area (Å²) in [4.78, 5) is 10.9. The minimum absolute atomic E-state index is 0.000660. The van der Waals surface area contributed by atoms with Gasteiger partial charge in [0.15, 0.2) is 0 Å². The van der Waals surface area contributed by atoms with Crippen LogP contribution in [0.1, 0.15) is 48.2 Å². The number of hydrogen-bond acceptors (Lipinski definition) is 6. The first-order valence-electron chi connectivity index (χ1n) is 9.60. The number of anilines is 2. The van der Waals surface area contributed by atoms with Gasteiger partial charge in [-0.05, 0) is 49.9 Å². The van der Waals surface area contributed by atoms with Gasteiger partial charge in [0.2, 0.25) is 5.95 Å². The van der Waals surface area contributed by atoms with Crippen LogP contribution in [-0.2, 0) is 4.74 Å². The van der Waals surface area contributed by atoms with Gasteiger partial charge in [-0.25, -0.2) is 4.98 Å². The number of nitrogens with one attached hydrogen (secondary N) is 1. The Hall–Kier alpha value is -1.89. The molecule has 2 fully saturated rings. The Morgan fingerprint density at radius 2 is 2.15 bits per heavy atom. The predicted octanol–water partition coefficient (Wildman–Crippen LogP) is 3.41. The van der Waals surface area contributed by atoms with Gasteiger partial charge in [0.1, 0.15) is 5.82 Å². The van der Waals surface area contributed by atoms with E-state index in [0.717, 1.165) is 54.6 Å². The van der Waals surface area contributed by atoms with Gasteiger partial charge >= 0.3 is 0 Å². The molecule has 3 heterocycles. The number of aromatic nitrogens is 2. The molecule has 0 aliphatic carbocycles. The Morgan fingerprint density at radius 1 is 1.26 bits per heavy atom. The third-order valence-electron chi connectivity index (χ3n) is 5.34. The number of hydrogen-bond donors (Lipinski definition) is 2. The van der Waals surface area contributed by atoms with Crippen molar-refractivity contribution in [1.29, 1.82) is 0 Å². The Labute approximate surface area is 165 Å². The molecule has 1 aromatic heterocycles. The number of nitrogens with zero attached hydrogens (tertiary/aromatic N) is 3. The second kappa shape index (κ2) is 8.00. The quantitative estimate of drug-likeness (QED) is 0.840. The summed E-state index contributed by atoms with van der Waals surface area (Å²) in [6, 6.07) is 8.80. The fraction of sp³-hybridized carbons (Fsp3) is 0.500. The van der Waals surface area contributed by atoms with Crippen LogP contribution >= 0.6 is 11.6 Å². The maximum atomic E-state index is 6.74. The van der Waals surface area contributed by atoms with Gasteiger partial charge in [-0.1, -0.05) is 23.7 Å². The van der Waals surface area contributed by atoms with Crippen LogP contribution in [0.4, 0.5) is 11.8 Å². The average Bonchev–Trinajstić information content (AvgIpc) is 3.06. The average molecular weight is 388 g/mol. The SMILES string of the molecule is Cc1cc(N2CCCOCC2c2ccc(C3CCCN3)cc2Cl)nc(N)n1. The van der Waals surface area contributed by atoms with Crippen molar-refractivity contribution in [2.75, 3.05) is 36.9 Å². The van der Waals surface area contributed by atoms with E-state index in [1.54, 1.807) is 0 Å². The Bertz CT molecular complexity index is 789. The molecule has 0 radical (unpaired) electrons. The van der Waals surface area contributed by atoms with Crippen molar-refractivity contribution in [2.24, 2.45) is 0 Å². The lowest BCUT2D eigenvalue weighted by Crippen LogP contribution is -2.32. The van der Waals surface area contributed by atoms with Gasteiger partial charge in [0.05, 0.1) is 12.6 Å². The van der Waals surface area contributed by atoms with E-state index in [1.165, 1.54) is 12.0 Å². The van der Waals surface area contributed by atoms with Crippen LogP contribution in [0.2, 0.25) is 5.02 Å². The summed E-state index contributed by atoms with van der Waals surface area (Å²) in [6.45, 7) is 5.14. The molecule has 2 atom stereocenters. The lowest BCUT2D eigenvalue weighted by molar-refractivity contribution is 0.134. The van der Waals surface area contributed by atoms with Crippen LogP contribution in [0.5, 0.6) is 0 Å². The lowest BCUT2D eigenvalue weighted by atomic mass is 9.99. The summed E-state index contributed by atoms with van der Waals surface area (Å²) < 4.78 is 5.87. The summed E-state index contributed by atoms with van der Waals surface area (Å²) in [7, 11) is 0. The summed E-state index contributed by atoms with van der Waals surface area (Å²) >= 11 is 6.74. The summed E-state index contributed by atoms with van der Waals surface area (Å²) in [5.74, 6) is 1.12. The fourth-order valence-corrected chi connectivity index (χ4v) is 4.35. The van der Waals surface area contributed by atoms with Crippen molar-refractivity contribution in [1.82, 2.24) is 15.3 Å². The van der Waals surface area contributed by atoms with Crippen molar-refractivity contribution in [3.05, 3.63) is 46.1 Å². The van der Waals surface area contributed by atoms with E-state index in [1.807, 2.05) is 13.0 Å². The molecule has 2 aliphatic heterocycles. The number of nitrogens with two attached hydrogens (primary N) is 1. The van der Waals surface area contributed by atoms with Gasteiger partial charge in [-0.2, -0.15) is 4.98 Å². The molecule has 4 rings (SSSR count). The molecule has 144 valence electrons. The van der Waals surface area contributed by atoms with Crippen molar-refractivity contribution < 1.29 is 4.74 Å². The van der Waals surface area contributed by atoms with Gasteiger partial charge in [0, 0.05) is 36.0 Å². The molecule has 3 N–H and O–H groups in total. The van der Waals surface area contributed by atoms with E-state index in [0.29, 0.717) is 18.6 Å². The van der Waals surface area contributed by atoms with E-state index in [4.69, 9.17) is 22.1 Å². The molecule has 6 nitrogen and oxygen atoms in total. The molecule has 2 saturated heterocycles. The zero-order valence-electron chi connectivity index (χ0n) is 15.6. The molecule has 0 saturated carbocycles. The molecule has 2 aliphatic rings. The monoisotopic (exact) mass is 387 g/mol. The first-order chi connectivity index (χ1) is 13.1. The fourth-order valence-electron chi connectivity index (χ4n) is 4.03. The number of benzene rings is 1. The van der Waals surface area contributed by atoms with E-state index in [-0.39, 0.29) is 6.04 Å². The normalized spacial score (nSPS) is 23.4. The third-order valence-corrected chi connectivity index (χ3v) is 5.67. The highest BCUT2D eigenvalue weighted by atomic mass is 35.5. The first kappa shape index (κ1) is 18.5. The van der Waals surface area contributed by atoms with Crippen molar-refractivity contribution >= 4 is 23.4 Å². The molecule has 27 heavy (non-hydrogen) atoms. The molecule has 0 spiro atoms. The summed E-state index contributed by atoms with van der Waals surface area (Å²) in [5.41, 5.74) is 9.07. The highest BCUT2D eigenvalue weighted by Crippen LogP contribution is 2.35. The summed E-state index contributed by atoms with van der Waals surface area (Å²) in [5, 5.41) is 4.31. The summed E-state index contributed by atoms with van der Waals surface area (Å²) in [6.07, 6.45) is 3.30. The number of halogens is 1. The van der Waals surface area contributed by atoms with Crippen molar-refractivity contribution in [2.45, 2.75) is 38.3 Å². The molecular weight excluding hydrogens is 362 g/mol. The Balaban J connectivity index is 1.68. The predicted molar refractivity (Wildman–Crippen MR) is 108 cm³/mol. The second-order valence-electron chi connectivity index (χ2n) is 7.29. The van der Waals surface area contributed by atoms with Crippen LogP contribution in [0, 0.1) is 6.92 Å². The van der Waals surface area contributed by atoms with Crippen LogP contribution in [0.25, 0.3) is 0 Å². The van der Waals surface area contributed by atoms with E-state index >= 15 is 0 Å². The molecular formula is C20H26ClN5O. The Kier molecular flexibility index (Phi) is 5.48. The standard InChI is InChI=1S/C20H26ClN5O/c1-13-10-19(25-20(22)24-13)26-8-3-9-27-12-18(26)15-6-5-14(11-16(15)21)17-4-2-7-23-17/h5-6,10-11,17-18,23H,2-4,7-9,12H2,1H3,(H2,22,24,25). The largest absolute Gasteiger partial charge is 0.379 e. The highest BCUT2D eigenvalue weighted by Gasteiger charge is 2.27. The van der Waals surface area contributed by atoms with E-state index in [9.17, 15) is 0 Å². The maximum absolute atomic E-state index is 6.74. The minimum Gasteiger partial charge on any atom is -0.379 e. The molecule has 2 unspecified atom stereocenters. The second-order valence-corrected chi connectivity index (χ2v) is 7.70. The van der Waals surface area contributed by atoms with Gasteiger partial charge in [0.25, 0.3) is 0 Å². The maximum Gasteiger partial charge on any atom is 0.222 e. The number of ether oxygens (including phenoxy) is 1.